The predicted octanol–water partition coefficient (Wildman–Crippen LogP) is 13.4. The van der Waals surface area contributed by atoms with Crippen molar-refractivity contribution in [3.63, 3.8) is 0 Å². The van der Waals surface area contributed by atoms with Crippen molar-refractivity contribution in [2.45, 2.75) is 0 Å². The molecule has 3 nitrogen and oxygen atoms in total. The van der Waals surface area contributed by atoms with E-state index in [1.165, 1.54) is 21.7 Å². The standard InChI is InChI=1S/C46H29NO2/c1-3-11-30(12-4-1)40-28-32(31-19-23-36-33(27-31)21-26-44-46(36)39-16-8-10-18-43(39)48-44)20-25-41(40)47(34-13-5-2-6-14-34)35-22-24-38-37-15-7-9-17-42(37)49-45(38)29-35/h1-29H. The van der Waals surface area contributed by atoms with E-state index in [4.69, 9.17) is 8.83 Å². The number of fused-ring (bicyclic) bond motifs is 8. The molecule has 0 N–H and O–H groups in total. The molecular weight excluding hydrogens is 599 g/mol. The second kappa shape index (κ2) is 11.0. The smallest absolute Gasteiger partial charge is 0.137 e. The van der Waals surface area contributed by atoms with Gasteiger partial charge in [0.2, 0.25) is 0 Å². The molecule has 0 fully saturated rings. The Kier molecular flexibility index (Phi) is 6.18. The number of hydrogen-bond donors (Lipinski definition) is 0. The maximum atomic E-state index is 6.35. The zero-order valence-corrected chi connectivity index (χ0v) is 26.5. The van der Waals surface area contributed by atoms with Crippen LogP contribution in [-0.2, 0) is 0 Å². The summed E-state index contributed by atoms with van der Waals surface area (Å²) in [5, 5.41) is 6.94. The van der Waals surface area contributed by atoms with E-state index < -0.39 is 0 Å². The first kappa shape index (κ1) is 27.5. The van der Waals surface area contributed by atoms with Crippen LogP contribution < -0.4 is 4.90 Å². The maximum absolute atomic E-state index is 6.35. The lowest BCUT2D eigenvalue weighted by Crippen LogP contribution is -2.11. The van der Waals surface area contributed by atoms with Crippen LogP contribution in [0.15, 0.2) is 185 Å². The van der Waals surface area contributed by atoms with E-state index in [0.29, 0.717) is 0 Å². The molecular formula is C46H29NO2. The molecule has 0 atom stereocenters. The average molecular weight is 628 g/mol. The van der Waals surface area contributed by atoms with Crippen LogP contribution in [0, 0.1) is 0 Å². The molecule has 0 amide bonds. The first-order chi connectivity index (χ1) is 24.3. The number of nitrogens with zero attached hydrogens (tertiary/aromatic N) is 1. The summed E-state index contributed by atoms with van der Waals surface area (Å²) in [7, 11) is 0. The highest BCUT2D eigenvalue weighted by Gasteiger charge is 2.20. The van der Waals surface area contributed by atoms with Crippen molar-refractivity contribution in [3.05, 3.63) is 176 Å². The van der Waals surface area contributed by atoms with Gasteiger partial charge in [0.05, 0.1) is 5.69 Å². The lowest BCUT2D eigenvalue weighted by atomic mass is 9.94. The molecule has 230 valence electrons. The van der Waals surface area contributed by atoms with E-state index in [2.05, 4.69) is 157 Å². The molecule has 10 rings (SSSR count). The Morgan fingerprint density at radius 1 is 0.347 bits per heavy atom. The van der Waals surface area contributed by atoms with Crippen LogP contribution >= 0.6 is 0 Å². The Hall–Kier alpha value is -6.58. The molecule has 0 unspecified atom stereocenters. The van der Waals surface area contributed by atoms with Gasteiger partial charge in [-0.15, -0.1) is 0 Å². The fourth-order valence-electron chi connectivity index (χ4n) is 7.35. The highest BCUT2D eigenvalue weighted by Crippen LogP contribution is 2.44. The van der Waals surface area contributed by atoms with Crippen LogP contribution in [0.2, 0.25) is 0 Å². The van der Waals surface area contributed by atoms with Gasteiger partial charge in [-0.25, -0.2) is 0 Å². The van der Waals surface area contributed by atoms with Crippen molar-refractivity contribution in [2.24, 2.45) is 0 Å². The molecule has 0 saturated carbocycles. The summed E-state index contributed by atoms with van der Waals surface area (Å²) in [6.07, 6.45) is 0. The highest BCUT2D eigenvalue weighted by molar-refractivity contribution is 6.19. The molecule has 0 radical (unpaired) electrons. The normalized spacial score (nSPS) is 11.7. The van der Waals surface area contributed by atoms with E-state index in [0.717, 1.165) is 72.2 Å². The average Bonchev–Trinajstić information content (AvgIpc) is 3.74. The van der Waals surface area contributed by atoms with Crippen LogP contribution in [0.4, 0.5) is 17.1 Å². The van der Waals surface area contributed by atoms with E-state index in [9.17, 15) is 0 Å². The first-order valence-electron chi connectivity index (χ1n) is 16.6. The van der Waals surface area contributed by atoms with Crippen molar-refractivity contribution >= 4 is 71.7 Å². The molecule has 2 heterocycles. The molecule has 0 saturated heterocycles. The molecule has 10 aromatic rings. The predicted molar refractivity (Wildman–Crippen MR) is 204 cm³/mol. The highest BCUT2D eigenvalue weighted by atomic mass is 16.3. The SMILES string of the molecule is c1ccc(-c2cc(-c3ccc4c(ccc5oc6ccccc6c54)c3)ccc2N(c2ccccc2)c2ccc3c(c2)oc2ccccc23)cc1. The van der Waals surface area contributed by atoms with Gasteiger partial charge >= 0.3 is 0 Å². The minimum atomic E-state index is 0.869. The summed E-state index contributed by atoms with van der Waals surface area (Å²) in [5.74, 6) is 0. The quantitative estimate of drug-likeness (QED) is 0.190. The third-order valence-electron chi connectivity index (χ3n) is 9.65. The Morgan fingerprint density at radius 2 is 0.980 bits per heavy atom. The van der Waals surface area contributed by atoms with Gasteiger partial charge in [-0.05, 0) is 88.1 Å². The molecule has 0 bridgehead atoms. The fraction of sp³-hybridized carbons (Fsp3) is 0. The second-order valence-corrected chi connectivity index (χ2v) is 12.5. The largest absolute Gasteiger partial charge is 0.456 e. The number of furan rings is 2. The van der Waals surface area contributed by atoms with Gasteiger partial charge in [0.1, 0.15) is 22.3 Å². The fourth-order valence-corrected chi connectivity index (χ4v) is 7.35. The Bertz CT molecular complexity index is 2830. The van der Waals surface area contributed by atoms with Gasteiger partial charge in [-0.1, -0.05) is 109 Å². The third kappa shape index (κ3) is 4.51. The number of hydrogen-bond acceptors (Lipinski definition) is 3. The lowest BCUT2D eigenvalue weighted by molar-refractivity contribution is 0.668. The number of anilines is 3. The number of benzene rings is 8. The monoisotopic (exact) mass is 627 g/mol. The van der Waals surface area contributed by atoms with E-state index >= 15 is 0 Å². The molecule has 3 heteroatoms. The van der Waals surface area contributed by atoms with E-state index in [1.807, 2.05) is 24.3 Å². The van der Waals surface area contributed by atoms with Crippen LogP contribution in [-0.4, -0.2) is 0 Å². The topological polar surface area (TPSA) is 29.5 Å². The molecule has 0 spiro atoms. The van der Waals surface area contributed by atoms with Gasteiger partial charge in [0.25, 0.3) is 0 Å². The first-order valence-corrected chi connectivity index (χ1v) is 16.6. The number of rotatable bonds is 5. The van der Waals surface area contributed by atoms with Gasteiger partial charge in [0.15, 0.2) is 0 Å². The van der Waals surface area contributed by atoms with Crippen molar-refractivity contribution in [2.75, 3.05) is 4.90 Å². The third-order valence-corrected chi connectivity index (χ3v) is 9.65. The molecule has 2 aromatic heterocycles. The van der Waals surface area contributed by atoms with Gasteiger partial charge in [0, 0.05) is 44.5 Å². The molecule has 0 aliphatic heterocycles. The Morgan fingerprint density at radius 3 is 1.82 bits per heavy atom. The summed E-state index contributed by atoms with van der Waals surface area (Å²) < 4.78 is 12.5. The Labute approximate surface area is 282 Å². The van der Waals surface area contributed by atoms with Crippen LogP contribution in [0.5, 0.6) is 0 Å². The summed E-state index contributed by atoms with van der Waals surface area (Å²) in [5.41, 5.74) is 11.4. The second-order valence-electron chi connectivity index (χ2n) is 12.5. The van der Waals surface area contributed by atoms with Crippen molar-refractivity contribution in [3.8, 4) is 22.3 Å². The van der Waals surface area contributed by atoms with Gasteiger partial charge in [-0.3, -0.25) is 0 Å². The van der Waals surface area contributed by atoms with Crippen LogP contribution in [0.25, 0.3) is 76.9 Å². The summed E-state index contributed by atoms with van der Waals surface area (Å²) in [6, 6.07) is 62.1. The molecule has 0 aliphatic rings. The summed E-state index contributed by atoms with van der Waals surface area (Å²) in [6.45, 7) is 0. The molecule has 8 aromatic carbocycles. The van der Waals surface area contributed by atoms with Crippen molar-refractivity contribution in [1.29, 1.82) is 0 Å². The van der Waals surface area contributed by atoms with Crippen LogP contribution in [0.3, 0.4) is 0 Å². The van der Waals surface area contributed by atoms with Gasteiger partial charge < -0.3 is 13.7 Å². The van der Waals surface area contributed by atoms with Crippen molar-refractivity contribution in [1.82, 2.24) is 0 Å². The maximum Gasteiger partial charge on any atom is 0.137 e. The van der Waals surface area contributed by atoms with Crippen LogP contribution in [0.1, 0.15) is 0 Å². The molecule has 0 aliphatic carbocycles. The summed E-state index contributed by atoms with van der Waals surface area (Å²) >= 11 is 0. The minimum absolute atomic E-state index is 0.869. The van der Waals surface area contributed by atoms with E-state index in [-0.39, 0.29) is 0 Å². The Balaban J connectivity index is 1.16. The molecule has 49 heavy (non-hydrogen) atoms. The summed E-state index contributed by atoms with van der Waals surface area (Å²) in [4.78, 5) is 2.33. The van der Waals surface area contributed by atoms with E-state index in [1.54, 1.807) is 0 Å². The lowest BCUT2D eigenvalue weighted by Gasteiger charge is -2.28. The number of para-hydroxylation sites is 3. The van der Waals surface area contributed by atoms with Gasteiger partial charge in [-0.2, -0.15) is 0 Å². The minimum Gasteiger partial charge on any atom is -0.456 e. The zero-order valence-electron chi connectivity index (χ0n) is 26.5. The zero-order chi connectivity index (χ0) is 32.3. The van der Waals surface area contributed by atoms with Crippen molar-refractivity contribution < 1.29 is 8.83 Å².